The van der Waals surface area contributed by atoms with Gasteiger partial charge in [0.2, 0.25) is 0 Å². The largest absolute Gasteiger partial charge is 0.465 e. The van der Waals surface area contributed by atoms with Crippen molar-refractivity contribution in [2.45, 2.75) is 4.90 Å². The number of benzene rings is 2. The first-order valence-corrected chi connectivity index (χ1v) is 8.46. The van der Waals surface area contributed by atoms with E-state index in [1.165, 1.54) is 6.07 Å². The fourth-order valence-electron chi connectivity index (χ4n) is 2.04. The molecule has 0 radical (unpaired) electrons. The number of sulfonamides is 1. The summed E-state index contributed by atoms with van der Waals surface area (Å²) in [6, 6.07) is 5.27. The molecule has 0 aliphatic carbocycles. The molecule has 1 N–H and O–H groups in total. The lowest BCUT2D eigenvalue weighted by molar-refractivity contribution is 0.0587. The summed E-state index contributed by atoms with van der Waals surface area (Å²) in [4.78, 5) is 22.5. The lowest BCUT2D eigenvalue weighted by Gasteiger charge is -2.13. The Labute approximate surface area is 147 Å². The molecule has 10 heteroatoms. The molecule has 0 unspecified atom stereocenters. The number of hydrogen-bond acceptors (Lipinski definition) is 6. The first-order chi connectivity index (χ1) is 12.2. The highest BCUT2D eigenvalue weighted by Gasteiger charge is 2.24. The number of esters is 2. The van der Waals surface area contributed by atoms with Gasteiger partial charge in [-0.05, 0) is 36.4 Å². The smallest absolute Gasteiger partial charge is 0.339 e. The van der Waals surface area contributed by atoms with Crippen molar-refractivity contribution in [2.75, 3.05) is 18.9 Å². The quantitative estimate of drug-likeness (QED) is 0.794. The number of methoxy groups -OCH3 is 2. The molecule has 0 aliphatic rings. The van der Waals surface area contributed by atoms with E-state index >= 15 is 0 Å². The number of rotatable bonds is 5. The number of hydrogen-bond donors (Lipinski definition) is 1. The van der Waals surface area contributed by atoms with Crippen LogP contribution in [0.15, 0.2) is 41.3 Å². The van der Waals surface area contributed by atoms with Crippen LogP contribution in [0, 0.1) is 11.6 Å². The Morgan fingerprint density at radius 2 is 1.62 bits per heavy atom. The highest BCUT2D eigenvalue weighted by molar-refractivity contribution is 7.92. The second kappa shape index (κ2) is 7.48. The summed E-state index contributed by atoms with van der Waals surface area (Å²) in [5.74, 6) is -3.86. The summed E-state index contributed by atoms with van der Waals surface area (Å²) in [6.45, 7) is 0. The Balaban J connectivity index is 2.56. The normalized spacial score (nSPS) is 10.9. The average molecular weight is 385 g/mol. The molecule has 2 aromatic rings. The number of anilines is 1. The van der Waals surface area contributed by atoms with Gasteiger partial charge in [0.05, 0.1) is 31.0 Å². The third kappa shape index (κ3) is 3.97. The van der Waals surface area contributed by atoms with Gasteiger partial charge < -0.3 is 9.47 Å². The van der Waals surface area contributed by atoms with E-state index in [0.717, 1.165) is 32.4 Å². The molecule has 26 heavy (non-hydrogen) atoms. The van der Waals surface area contributed by atoms with E-state index in [1.54, 1.807) is 0 Å². The maximum absolute atomic E-state index is 13.8. The highest BCUT2D eigenvalue weighted by atomic mass is 32.2. The molecule has 0 bridgehead atoms. The van der Waals surface area contributed by atoms with Crippen LogP contribution in [0.25, 0.3) is 0 Å². The van der Waals surface area contributed by atoms with E-state index in [4.69, 9.17) is 0 Å². The van der Waals surface area contributed by atoms with Gasteiger partial charge in [-0.15, -0.1) is 0 Å². The SMILES string of the molecule is COC(=O)c1ccc(C(=O)OC)c(NS(=O)(=O)c2cc(F)ccc2F)c1. The minimum absolute atomic E-state index is 0.0717. The molecule has 0 heterocycles. The van der Waals surface area contributed by atoms with Crippen LogP contribution in [0.2, 0.25) is 0 Å². The average Bonchev–Trinajstić information content (AvgIpc) is 2.61. The first-order valence-electron chi connectivity index (χ1n) is 6.98. The van der Waals surface area contributed by atoms with Crippen LogP contribution >= 0.6 is 0 Å². The maximum Gasteiger partial charge on any atom is 0.339 e. The molecule has 0 saturated heterocycles. The Morgan fingerprint density at radius 1 is 0.962 bits per heavy atom. The predicted molar refractivity (Wildman–Crippen MR) is 86.3 cm³/mol. The number of halogens is 2. The van der Waals surface area contributed by atoms with Gasteiger partial charge in [-0.1, -0.05) is 0 Å². The topological polar surface area (TPSA) is 98.8 Å². The number of carbonyl (C=O) groups is 2. The molecule has 0 amide bonds. The first kappa shape index (κ1) is 19.3. The number of ether oxygens (including phenoxy) is 2. The van der Waals surface area contributed by atoms with E-state index < -0.39 is 38.5 Å². The fourth-order valence-corrected chi connectivity index (χ4v) is 3.21. The van der Waals surface area contributed by atoms with E-state index in [1.807, 2.05) is 4.72 Å². The molecule has 0 saturated carbocycles. The minimum atomic E-state index is -4.60. The van der Waals surface area contributed by atoms with Crippen molar-refractivity contribution in [3.8, 4) is 0 Å². The molecule has 0 spiro atoms. The van der Waals surface area contributed by atoms with Crippen LogP contribution in [-0.4, -0.2) is 34.6 Å². The molecule has 2 rings (SSSR count). The summed E-state index contributed by atoms with van der Waals surface area (Å²) in [6.07, 6.45) is 0. The van der Waals surface area contributed by atoms with E-state index in [0.29, 0.717) is 12.1 Å². The molecule has 0 aromatic heterocycles. The minimum Gasteiger partial charge on any atom is -0.465 e. The Bertz CT molecular complexity index is 975. The monoisotopic (exact) mass is 385 g/mol. The second-order valence-corrected chi connectivity index (χ2v) is 6.57. The standard InChI is InChI=1S/C16H13F2NO6S/c1-24-15(20)9-3-5-11(16(21)25-2)13(7-9)19-26(22,23)14-8-10(17)4-6-12(14)18/h3-8,19H,1-2H3. The second-order valence-electron chi connectivity index (χ2n) is 4.92. The van der Waals surface area contributed by atoms with Gasteiger partial charge in [-0.25, -0.2) is 26.8 Å². The summed E-state index contributed by atoms with van der Waals surface area (Å²) < 4.78 is 62.9. The maximum atomic E-state index is 13.8. The number of nitrogens with one attached hydrogen (secondary N) is 1. The van der Waals surface area contributed by atoms with Crippen molar-refractivity contribution >= 4 is 27.6 Å². The molecule has 138 valence electrons. The van der Waals surface area contributed by atoms with Crippen LogP contribution < -0.4 is 4.72 Å². The van der Waals surface area contributed by atoms with Gasteiger partial charge in [-0.3, -0.25) is 4.72 Å². The van der Waals surface area contributed by atoms with E-state index in [2.05, 4.69) is 9.47 Å². The molecule has 0 aliphatic heterocycles. The van der Waals surface area contributed by atoms with Crippen molar-refractivity contribution in [1.29, 1.82) is 0 Å². The van der Waals surface area contributed by atoms with Crippen molar-refractivity contribution in [3.63, 3.8) is 0 Å². The third-order valence-corrected chi connectivity index (χ3v) is 4.65. The lowest BCUT2D eigenvalue weighted by atomic mass is 10.1. The Hall–Kier alpha value is -3.01. The Morgan fingerprint density at radius 3 is 2.23 bits per heavy atom. The van der Waals surface area contributed by atoms with Gasteiger partial charge in [0.1, 0.15) is 16.5 Å². The molecule has 7 nitrogen and oxygen atoms in total. The predicted octanol–water partition coefficient (Wildman–Crippen LogP) is 2.34. The Kier molecular flexibility index (Phi) is 5.56. The van der Waals surface area contributed by atoms with Crippen LogP contribution in [0.4, 0.5) is 14.5 Å². The van der Waals surface area contributed by atoms with Gasteiger partial charge in [-0.2, -0.15) is 0 Å². The molecular weight excluding hydrogens is 372 g/mol. The van der Waals surface area contributed by atoms with Gasteiger partial charge in [0, 0.05) is 0 Å². The highest BCUT2D eigenvalue weighted by Crippen LogP contribution is 2.25. The van der Waals surface area contributed by atoms with Crippen molar-refractivity contribution in [3.05, 3.63) is 59.2 Å². The zero-order chi connectivity index (χ0) is 19.5. The zero-order valence-electron chi connectivity index (χ0n) is 13.6. The van der Waals surface area contributed by atoms with Crippen LogP contribution in [-0.2, 0) is 19.5 Å². The third-order valence-electron chi connectivity index (χ3n) is 3.27. The van der Waals surface area contributed by atoms with Gasteiger partial charge >= 0.3 is 11.9 Å². The summed E-state index contributed by atoms with van der Waals surface area (Å²) >= 11 is 0. The number of carbonyl (C=O) groups excluding carboxylic acids is 2. The van der Waals surface area contributed by atoms with E-state index in [-0.39, 0.29) is 16.8 Å². The molecular formula is C16H13F2NO6S. The molecule has 0 fully saturated rings. The van der Waals surface area contributed by atoms with Gasteiger partial charge in [0.25, 0.3) is 10.0 Å². The van der Waals surface area contributed by atoms with Crippen LogP contribution in [0.1, 0.15) is 20.7 Å². The summed E-state index contributed by atoms with van der Waals surface area (Å²) in [7, 11) is -2.42. The summed E-state index contributed by atoms with van der Waals surface area (Å²) in [5, 5.41) is 0. The molecule has 2 aromatic carbocycles. The van der Waals surface area contributed by atoms with Crippen molar-refractivity contribution in [1.82, 2.24) is 0 Å². The summed E-state index contributed by atoms with van der Waals surface area (Å²) in [5.41, 5.74) is -0.665. The molecule has 0 atom stereocenters. The van der Waals surface area contributed by atoms with Gasteiger partial charge in [0.15, 0.2) is 0 Å². The van der Waals surface area contributed by atoms with Crippen molar-refractivity contribution < 1.29 is 36.3 Å². The zero-order valence-corrected chi connectivity index (χ0v) is 14.4. The lowest BCUT2D eigenvalue weighted by Crippen LogP contribution is -2.18. The van der Waals surface area contributed by atoms with Crippen molar-refractivity contribution in [2.24, 2.45) is 0 Å². The fraction of sp³-hybridized carbons (Fsp3) is 0.125. The van der Waals surface area contributed by atoms with Crippen LogP contribution in [0.5, 0.6) is 0 Å². The van der Waals surface area contributed by atoms with Crippen LogP contribution in [0.3, 0.4) is 0 Å². The van der Waals surface area contributed by atoms with E-state index in [9.17, 15) is 26.8 Å².